The number of aromatic nitrogens is 3. The summed E-state index contributed by atoms with van der Waals surface area (Å²) in [5.74, 6) is 1.64. The van der Waals surface area contributed by atoms with Gasteiger partial charge in [-0.1, -0.05) is 29.5 Å². The molecule has 4 N–H and O–H groups in total. The van der Waals surface area contributed by atoms with Gasteiger partial charge in [-0.25, -0.2) is 9.97 Å². The lowest BCUT2D eigenvalue weighted by Gasteiger charge is -2.31. The fourth-order valence-corrected chi connectivity index (χ4v) is 4.81. The number of para-hydroxylation sites is 1. The molecule has 1 aliphatic heterocycles. The number of nitrogens with one attached hydrogen (secondary N) is 2. The molecule has 33 heavy (non-hydrogen) atoms. The van der Waals surface area contributed by atoms with Gasteiger partial charge in [0, 0.05) is 30.5 Å². The van der Waals surface area contributed by atoms with E-state index in [-0.39, 0.29) is 5.91 Å². The Hall–Kier alpha value is -3.56. The minimum atomic E-state index is 0.0429. The smallest absolute Gasteiger partial charge is 0.253 e. The normalized spacial score (nSPS) is 14.4. The second-order valence-corrected chi connectivity index (χ2v) is 9.08. The van der Waals surface area contributed by atoms with Crippen molar-refractivity contribution in [2.24, 2.45) is 11.7 Å². The number of carbonyl (C=O) groups excluding carboxylic acids is 1. The van der Waals surface area contributed by atoms with E-state index in [4.69, 9.17) is 5.73 Å². The average Bonchev–Trinajstić information content (AvgIpc) is 3.26. The van der Waals surface area contributed by atoms with Gasteiger partial charge in [-0.3, -0.25) is 4.79 Å². The number of benzene rings is 2. The van der Waals surface area contributed by atoms with Gasteiger partial charge < -0.3 is 21.3 Å². The Labute approximate surface area is 195 Å². The first kappa shape index (κ1) is 21.3. The highest BCUT2D eigenvalue weighted by Crippen LogP contribution is 2.28. The van der Waals surface area contributed by atoms with Crippen LogP contribution in [0, 0.1) is 5.92 Å². The van der Waals surface area contributed by atoms with E-state index >= 15 is 0 Å². The summed E-state index contributed by atoms with van der Waals surface area (Å²) in [6.07, 6.45) is 3.60. The van der Waals surface area contributed by atoms with E-state index in [1.165, 1.54) is 0 Å². The summed E-state index contributed by atoms with van der Waals surface area (Å²) in [4.78, 5) is 28.3. The molecule has 1 amide bonds. The number of rotatable bonds is 6. The van der Waals surface area contributed by atoms with Crippen LogP contribution in [-0.2, 0) is 0 Å². The van der Waals surface area contributed by atoms with Crippen molar-refractivity contribution in [2.45, 2.75) is 12.8 Å². The van der Waals surface area contributed by atoms with Crippen LogP contribution in [0.15, 0.2) is 60.8 Å². The van der Waals surface area contributed by atoms with Crippen LogP contribution in [0.2, 0.25) is 0 Å². The number of amides is 1. The Morgan fingerprint density at radius 3 is 2.73 bits per heavy atom. The molecule has 0 spiro atoms. The number of likely N-dealkylation sites (tertiary alicyclic amines) is 1. The van der Waals surface area contributed by atoms with Crippen molar-refractivity contribution in [1.82, 2.24) is 19.9 Å². The lowest BCUT2D eigenvalue weighted by molar-refractivity contribution is 0.0693. The molecule has 4 aromatic rings. The van der Waals surface area contributed by atoms with Crippen molar-refractivity contribution in [2.75, 3.05) is 30.3 Å². The third-order valence-electron chi connectivity index (χ3n) is 5.79. The van der Waals surface area contributed by atoms with Gasteiger partial charge in [-0.15, -0.1) is 0 Å². The first-order valence-electron chi connectivity index (χ1n) is 11.0. The molecular weight excluding hydrogens is 434 g/mol. The lowest BCUT2D eigenvalue weighted by atomic mass is 9.96. The number of thiazole rings is 1. The van der Waals surface area contributed by atoms with E-state index in [0.29, 0.717) is 29.8 Å². The maximum Gasteiger partial charge on any atom is 0.253 e. The zero-order chi connectivity index (χ0) is 22.6. The Morgan fingerprint density at radius 1 is 1.06 bits per heavy atom. The summed E-state index contributed by atoms with van der Waals surface area (Å²) < 4.78 is 1.11. The quantitative estimate of drug-likeness (QED) is 0.392. The summed E-state index contributed by atoms with van der Waals surface area (Å²) in [6.45, 7) is 2.19. The van der Waals surface area contributed by atoms with E-state index in [2.05, 4.69) is 25.6 Å². The molecule has 0 aliphatic carbocycles. The second-order valence-electron chi connectivity index (χ2n) is 8.05. The zero-order valence-electron chi connectivity index (χ0n) is 18.1. The number of carbonyl (C=O) groups is 1. The van der Waals surface area contributed by atoms with Crippen LogP contribution in [0.25, 0.3) is 10.2 Å². The molecule has 3 heterocycles. The summed E-state index contributed by atoms with van der Waals surface area (Å²) >= 11 is 1.57. The molecule has 1 fully saturated rings. The molecule has 0 saturated carbocycles. The first-order valence-corrected chi connectivity index (χ1v) is 11.8. The highest BCUT2D eigenvalue weighted by molar-refractivity contribution is 7.22. The number of hydrogen-bond donors (Lipinski definition) is 3. The van der Waals surface area contributed by atoms with Gasteiger partial charge in [-0.05, 0) is 61.7 Å². The molecule has 1 aliphatic rings. The van der Waals surface area contributed by atoms with Crippen molar-refractivity contribution in [3.8, 4) is 0 Å². The summed E-state index contributed by atoms with van der Waals surface area (Å²) in [5, 5.41) is 7.22. The lowest BCUT2D eigenvalue weighted by Crippen LogP contribution is -2.40. The summed E-state index contributed by atoms with van der Waals surface area (Å²) in [5.41, 5.74) is 8.13. The Morgan fingerprint density at radius 2 is 1.91 bits per heavy atom. The maximum atomic E-state index is 13.0. The van der Waals surface area contributed by atoms with Crippen LogP contribution in [0.4, 0.5) is 22.6 Å². The minimum Gasteiger partial charge on any atom is -0.339 e. The third-order valence-corrected chi connectivity index (χ3v) is 6.74. The second kappa shape index (κ2) is 9.51. The van der Waals surface area contributed by atoms with Crippen LogP contribution in [0.5, 0.6) is 0 Å². The van der Waals surface area contributed by atoms with Crippen LogP contribution < -0.4 is 16.4 Å². The molecule has 0 unspecified atom stereocenters. The van der Waals surface area contributed by atoms with Crippen molar-refractivity contribution in [1.29, 1.82) is 0 Å². The van der Waals surface area contributed by atoms with Crippen LogP contribution in [0.3, 0.4) is 0 Å². The standard InChI is InChI=1S/C24H25N7OS/c25-15-16-9-12-31(13-10-16)22(32)17-4-3-5-18(14-17)27-23-26-11-8-21(29-23)30-24-28-19-6-1-2-7-20(19)33-24/h1-8,11,14,16H,9-10,12-13,15,25H2,(H2,26,27,28,29,30). The molecule has 0 radical (unpaired) electrons. The van der Waals surface area contributed by atoms with Gasteiger partial charge in [0.25, 0.3) is 5.91 Å². The van der Waals surface area contributed by atoms with Gasteiger partial charge >= 0.3 is 0 Å². The average molecular weight is 460 g/mol. The minimum absolute atomic E-state index is 0.0429. The molecule has 168 valence electrons. The number of hydrogen-bond acceptors (Lipinski definition) is 8. The number of nitrogens with zero attached hydrogens (tertiary/aromatic N) is 4. The van der Waals surface area contributed by atoms with E-state index in [1.54, 1.807) is 23.6 Å². The maximum absolute atomic E-state index is 13.0. The first-order chi connectivity index (χ1) is 16.2. The molecular formula is C24H25N7OS. The largest absolute Gasteiger partial charge is 0.339 e. The van der Waals surface area contributed by atoms with Crippen LogP contribution in [-0.4, -0.2) is 45.4 Å². The van der Waals surface area contributed by atoms with Crippen LogP contribution in [0.1, 0.15) is 23.2 Å². The predicted molar refractivity (Wildman–Crippen MR) is 132 cm³/mol. The van der Waals surface area contributed by atoms with Crippen molar-refractivity contribution in [3.05, 3.63) is 66.4 Å². The highest BCUT2D eigenvalue weighted by Gasteiger charge is 2.23. The van der Waals surface area contributed by atoms with E-state index in [9.17, 15) is 4.79 Å². The molecule has 1 saturated heterocycles. The van der Waals surface area contributed by atoms with Crippen LogP contribution >= 0.6 is 11.3 Å². The Kier molecular flexibility index (Phi) is 6.14. The summed E-state index contributed by atoms with van der Waals surface area (Å²) in [7, 11) is 0. The molecule has 8 nitrogen and oxygen atoms in total. The molecule has 2 aromatic carbocycles. The van der Waals surface area contributed by atoms with E-state index in [1.807, 2.05) is 53.4 Å². The van der Waals surface area contributed by atoms with E-state index in [0.717, 1.165) is 47.0 Å². The molecule has 0 atom stereocenters. The summed E-state index contributed by atoms with van der Waals surface area (Å²) in [6, 6.07) is 17.2. The number of piperidine rings is 1. The topological polar surface area (TPSA) is 109 Å². The molecule has 9 heteroatoms. The van der Waals surface area contributed by atoms with Crippen molar-refractivity contribution >= 4 is 50.0 Å². The van der Waals surface area contributed by atoms with Crippen molar-refractivity contribution < 1.29 is 4.79 Å². The Balaban J connectivity index is 1.27. The number of fused-ring (bicyclic) bond motifs is 1. The van der Waals surface area contributed by atoms with E-state index < -0.39 is 0 Å². The molecule has 0 bridgehead atoms. The number of nitrogens with two attached hydrogens (primary N) is 1. The predicted octanol–water partition coefficient (Wildman–Crippen LogP) is 4.38. The highest BCUT2D eigenvalue weighted by atomic mass is 32.1. The SMILES string of the molecule is NCC1CCN(C(=O)c2cccc(Nc3nccc(Nc4nc5ccccc5s4)n3)c2)CC1. The molecule has 5 rings (SSSR count). The van der Waals surface area contributed by atoms with Gasteiger partial charge in [0.1, 0.15) is 5.82 Å². The van der Waals surface area contributed by atoms with Gasteiger partial charge in [-0.2, -0.15) is 4.98 Å². The van der Waals surface area contributed by atoms with Gasteiger partial charge in [0.05, 0.1) is 10.2 Å². The third kappa shape index (κ3) is 4.94. The number of anilines is 4. The van der Waals surface area contributed by atoms with Gasteiger partial charge in [0.15, 0.2) is 5.13 Å². The molecule has 2 aromatic heterocycles. The monoisotopic (exact) mass is 459 g/mol. The van der Waals surface area contributed by atoms with Crippen molar-refractivity contribution in [3.63, 3.8) is 0 Å². The Bertz CT molecular complexity index is 1230. The van der Waals surface area contributed by atoms with Gasteiger partial charge in [0.2, 0.25) is 5.95 Å². The fraction of sp³-hybridized carbons (Fsp3) is 0.250. The fourth-order valence-electron chi connectivity index (χ4n) is 3.94. The zero-order valence-corrected chi connectivity index (χ0v) is 18.9.